The second-order valence-electron chi connectivity index (χ2n) is 24.0. The van der Waals surface area contributed by atoms with Crippen LogP contribution in [-0.2, 0) is 57.5 Å². The van der Waals surface area contributed by atoms with Crippen LogP contribution in [0.4, 0.5) is 0 Å². The van der Waals surface area contributed by atoms with E-state index in [2.05, 4.69) is 42.5 Å². The van der Waals surface area contributed by atoms with Crippen LogP contribution in [0.3, 0.4) is 0 Å². The van der Waals surface area contributed by atoms with E-state index >= 15 is 0 Å². The smallest absolute Gasteiger partial charge is 0.326 e. The van der Waals surface area contributed by atoms with E-state index in [0.717, 1.165) is 6.42 Å². The maximum absolute atomic E-state index is 14.5. The molecule has 4 rings (SSSR count). The minimum Gasteiger partial charge on any atom is -0.481 e. The zero-order chi connectivity index (χ0) is 61.1. The number of carbonyl (C=O) groups is 12. The number of likely N-dealkylation sites (tertiary alicyclic amines) is 3. The molecule has 462 valence electrons. The van der Waals surface area contributed by atoms with Crippen LogP contribution in [0.15, 0.2) is 0 Å². The van der Waals surface area contributed by atoms with Crippen molar-refractivity contribution in [2.24, 2.45) is 29.4 Å². The first kappa shape index (κ1) is 68.1. The quantitative estimate of drug-likeness (QED) is 0.0394. The Morgan fingerprint density at radius 2 is 0.976 bits per heavy atom. The van der Waals surface area contributed by atoms with E-state index in [1.165, 1.54) is 21.6 Å². The van der Waals surface area contributed by atoms with Gasteiger partial charge in [-0.05, 0) is 134 Å². The summed E-state index contributed by atoms with van der Waals surface area (Å²) >= 11 is 0. The zero-order valence-electron chi connectivity index (χ0n) is 49.5. The van der Waals surface area contributed by atoms with Gasteiger partial charge in [0, 0.05) is 26.1 Å². The number of hydrogen-bond acceptors (Lipinski definition) is 14. The highest BCUT2D eigenvalue weighted by Crippen LogP contribution is 2.25. The van der Waals surface area contributed by atoms with Crippen molar-refractivity contribution in [1.82, 2.24) is 57.2 Å². The molecule has 4 heterocycles. The van der Waals surface area contributed by atoms with Gasteiger partial charge in [0.25, 0.3) is 0 Å². The molecule has 0 spiro atoms. The van der Waals surface area contributed by atoms with Crippen molar-refractivity contribution in [3.8, 4) is 0 Å². The lowest BCUT2D eigenvalue weighted by Crippen LogP contribution is -2.61. The van der Waals surface area contributed by atoms with Gasteiger partial charge < -0.3 is 73.2 Å². The third kappa shape index (κ3) is 19.6. The normalized spacial score (nSPS) is 21.5. The van der Waals surface area contributed by atoms with Gasteiger partial charge in [-0.2, -0.15) is 0 Å². The molecule has 0 aromatic rings. The minimum atomic E-state index is -1.45. The van der Waals surface area contributed by atoms with Gasteiger partial charge in [-0.15, -0.1) is 0 Å². The van der Waals surface area contributed by atoms with Crippen LogP contribution in [0.2, 0.25) is 0 Å². The number of carboxylic acid groups (broad SMARTS) is 2. The number of amides is 10. The predicted octanol–water partition coefficient (Wildman–Crippen LogP) is -0.393. The monoisotopic (exact) mass is 1160 g/mol. The number of nitrogens with zero attached hydrogens (tertiary/aromatic N) is 3. The van der Waals surface area contributed by atoms with E-state index in [1.54, 1.807) is 27.7 Å². The summed E-state index contributed by atoms with van der Waals surface area (Å²) in [6.07, 6.45) is 4.21. The predicted molar refractivity (Wildman–Crippen MR) is 300 cm³/mol. The van der Waals surface area contributed by atoms with Crippen molar-refractivity contribution in [3.63, 3.8) is 0 Å². The van der Waals surface area contributed by atoms with Gasteiger partial charge in [0.2, 0.25) is 59.1 Å². The molecule has 4 aliphatic heterocycles. The molecule has 10 amide bonds. The summed E-state index contributed by atoms with van der Waals surface area (Å²) in [5.74, 6) is -9.74. The van der Waals surface area contributed by atoms with Gasteiger partial charge in [0.05, 0.1) is 6.04 Å². The molecule has 4 saturated heterocycles. The molecule has 12 N–H and O–H groups in total. The number of nitrogens with one attached hydrogen (secondary N) is 8. The first-order valence-electron chi connectivity index (χ1n) is 29.6. The van der Waals surface area contributed by atoms with E-state index in [0.29, 0.717) is 64.5 Å². The fourth-order valence-electron chi connectivity index (χ4n) is 11.1. The summed E-state index contributed by atoms with van der Waals surface area (Å²) in [5.41, 5.74) is 5.56. The van der Waals surface area contributed by atoms with Crippen LogP contribution in [0.5, 0.6) is 0 Å². The molecule has 0 aliphatic carbocycles. The van der Waals surface area contributed by atoms with Crippen LogP contribution in [0, 0.1) is 23.7 Å². The average Bonchev–Trinajstić information content (AvgIpc) is 4.45. The first-order valence-corrected chi connectivity index (χ1v) is 29.6. The van der Waals surface area contributed by atoms with Crippen LogP contribution in [0.1, 0.15) is 159 Å². The summed E-state index contributed by atoms with van der Waals surface area (Å²) in [5, 5.41) is 41.5. The summed E-state index contributed by atoms with van der Waals surface area (Å²) in [7, 11) is 0. The third-order valence-electron chi connectivity index (χ3n) is 15.6. The van der Waals surface area contributed by atoms with E-state index in [9.17, 15) is 67.7 Å². The third-order valence-corrected chi connectivity index (χ3v) is 15.6. The second kappa shape index (κ2) is 32.4. The second-order valence-corrected chi connectivity index (χ2v) is 24.0. The van der Waals surface area contributed by atoms with Crippen LogP contribution in [-0.4, -0.2) is 195 Å². The molecular weight excluding hydrogens is 1060 g/mol. The summed E-state index contributed by atoms with van der Waals surface area (Å²) < 4.78 is 0. The SMILES string of the molecule is CC(C)C[C@H](NC(=O)[C@@H]1CCCN1C(=O)[C@@H](NC(=O)[C@@H]1CCCN1C(=O)[C@H](CCC(=O)O)NC(=O)[C@H](C)NC(=O)[C@@H]1CCCN1C(=O)[C@H](CC(C)C)NC(=O)[C@@H]1CCCN1)C(C)C)C(=O)N[C@H](C(=O)N[C@@H](CCCCN)C(=O)O)C(C)C. The maximum atomic E-state index is 14.5. The van der Waals surface area contributed by atoms with Crippen molar-refractivity contribution in [2.75, 3.05) is 32.7 Å². The number of unbranched alkanes of at least 4 members (excludes halogenated alkanes) is 1. The Morgan fingerprint density at radius 1 is 0.488 bits per heavy atom. The lowest BCUT2D eigenvalue weighted by atomic mass is 9.98. The van der Waals surface area contributed by atoms with Crippen molar-refractivity contribution < 1.29 is 67.7 Å². The van der Waals surface area contributed by atoms with Crippen molar-refractivity contribution in [2.45, 2.75) is 225 Å². The minimum absolute atomic E-state index is 0.0408. The van der Waals surface area contributed by atoms with Crippen molar-refractivity contribution >= 4 is 71.0 Å². The highest BCUT2D eigenvalue weighted by Gasteiger charge is 2.45. The maximum Gasteiger partial charge on any atom is 0.326 e. The Kier molecular flexibility index (Phi) is 26.9. The Bertz CT molecular complexity index is 2280. The molecule has 0 bridgehead atoms. The largest absolute Gasteiger partial charge is 0.481 e. The lowest BCUT2D eigenvalue weighted by molar-refractivity contribution is -0.146. The molecule has 4 aliphatic rings. The van der Waals surface area contributed by atoms with Gasteiger partial charge in [-0.1, -0.05) is 55.4 Å². The zero-order valence-corrected chi connectivity index (χ0v) is 49.5. The van der Waals surface area contributed by atoms with E-state index in [-0.39, 0.29) is 69.5 Å². The molecule has 26 nitrogen and oxygen atoms in total. The topological polar surface area (TPSA) is 377 Å². The molecule has 0 unspecified atom stereocenters. The summed E-state index contributed by atoms with van der Waals surface area (Å²) in [6, 6.07) is -11.8. The number of carbonyl (C=O) groups excluding carboxylic acids is 10. The first-order chi connectivity index (χ1) is 38.7. The fraction of sp³-hybridized carbons (Fsp3) is 0.786. The Hall–Kier alpha value is -6.44. The Balaban J connectivity index is 1.43. The number of hydrogen-bond donors (Lipinski definition) is 11. The van der Waals surface area contributed by atoms with Crippen molar-refractivity contribution in [1.29, 1.82) is 0 Å². The molecule has 82 heavy (non-hydrogen) atoms. The standard InChI is InChI=1S/C56H94N12O14/c1-30(2)28-38(48(73)64-44(32(5)6)52(77)61-37(56(81)82)16-10-11-23-57)62-50(75)41-19-15-27-68(41)55(80)45(33(7)8)65-51(76)42-20-14-25-66(42)53(78)36(21-22-43(69)70)60-46(71)34(9)59-49(74)40-18-13-26-67(40)54(79)39(29-31(3)4)63-47(72)35-17-12-24-58-35/h30-42,44-45,58H,10-29,57H2,1-9H3,(H,59,74)(H,60,71)(H,61,77)(H,62,75)(H,63,72)(H,64,73)(H,65,76)(H,69,70)(H,81,82)/t34-,35-,36-,37-,38-,39-,40-,41-,42-,44-,45-/m0/s1. The number of nitrogens with two attached hydrogens (primary N) is 1. The van der Waals surface area contributed by atoms with Crippen molar-refractivity contribution in [3.05, 3.63) is 0 Å². The highest BCUT2D eigenvalue weighted by molar-refractivity contribution is 5.99. The molecule has 4 fully saturated rings. The highest BCUT2D eigenvalue weighted by atomic mass is 16.4. The molecule has 26 heteroatoms. The van der Waals surface area contributed by atoms with Crippen LogP contribution >= 0.6 is 0 Å². The van der Waals surface area contributed by atoms with E-state index in [1.807, 2.05) is 27.7 Å². The summed E-state index contributed by atoms with van der Waals surface area (Å²) in [4.78, 5) is 167. The van der Waals surface area contributed by atoms with Crippen LogP contribution < -0.4 is 48.3 Å². The molecule has 0 aromatic heterocycles. The number of carboxylic acids is 2. The Labute approximate surface area is 481 Å². The van der Waals surface area contributed by atoms with Gasteiger partial charge in [0.15, 0.2) is 0 Å². The lowest BCUT2D eigenvalue weighted by Gasteiger charge is -2.33. The van der Waals surface area contributed by atoms with E-state index < -0.39 is 150 Å². The average molecular weight is 1160 g/mol. The molecule has 0 aromatic carbocycles. The number of aliphatic carboxylic acids is 2. The molecule has 0 radical (unpaired) electrons. The fourth-order valence-corrected chi connectivity index (χ4v) is 11.1. The summed E-state index contributed by atoms with van der Waals surface area (Å²) in [6.45, 7) is 17.2. The van der Waals surface area contributed by atoms with Gasteiger partial charge in [-0.3, -0.25) is 52.7 Å². The van der Waals surface area contributed by atoms with Crippen LogP contribution in [0.25, 0.3) is 0 Å². The molecule has 0 saturated carbocycles. The van der Waals surface area contributed by atoms with Gasteiger partial charge in [-0.25, -0.2) is 4.79 Å². The van der Waals surface area contributed by atoms with Gasteiger partial charge in [0.1, 0.15) is 60.4 Å². The molecule has 11 atom stereocenters. The van der Waals surface area contributed by atoms with Gasteiger partial charge >= 0.3 is 11.9 Å². The van der Waals surface area contributed by atoms with E-state index in [4.69, 9.17) is 5.73 Å². The Morgan fingerprint density at radius 3 is 1.46 bits per heavy atom. The number of rotatable bonds is 31. The molecular formula is C56H94N12O14.